The van der Waals surface area contributed by atoms with Crippen molar-refractivity contribution < 1.29 is 5.11 Å². The van der Waals surface area contributed by atoms with Gasteiger partial charge in [0.1, 0.15) is 0 Å². The summed E-state index contributed by atoms with van der Waals surface area (Å²) in [5, 5.41) is 20.0. The zero-order valence-electron chi connectivity index (χ0n) is 13.0. The van der Waals surface area contributed by atoms with Crippen molar-refractivity contribution in [2.75, 3.05) is 20.2 Å². The van der Waals surface area contributed by atoms with Crippen molar-refractivity contribution in [1.82, 2.24) is 20.4 Å². The second-order valence-corrected chi connectivity index (χ2v) is 5.48. The molecule has 1 heterocycles. The summed E-state index contributed by atoms with van der Waals surface area (Å²) >= 11 is 0. The summed E-state index contributed by atoms with van der Waals surface area (Å²) in [4.78, 5) is 4.17. The van der Waals surface area contributed by atoms with Crippen molar-refractivity contribution in [3.8, 4) is 0 Å². The molecule has 2 rings (SSSR count). The van der Waals surface area contributed by atoms with Crippen molar-refractivity contribution in [1.29, 1.82) is 0 Å². The normalized spacial score (nSPS) is 18.1. The van der Waals surface area contributed by atoms with E-state index in [-0.39, 0.29) is 30.6 Å². The molecule has 1 aliphatic rings. The topological polar surface area (TPSA) is 74.5 Å². The first-order chi connectivity index (χ1) is 9.63. The largest absolute Gasteiger partial charge is 0.395 e. The Morgan fingerprint density at radius 1 is 1.57 bits per heavy atom. The summed E-state index contributed by atoms with van der Waals surface area (Å²) in [6, 6.07) is 0.758. The van der Waals surface area contributed by atoms with Gasteiger partial charge in [0.15, 0.2) is 5.96 Å². The summed E-state index contributed by atoms with van der Waals surface area (Å²) in [5.74, 6) is 0.746. The predicted molar refractivity (Wildman–Crippen MR) is 95.4 cm³/mol. The van der Waals surface area contributed by atoms with E-state index in [0.717, 1.165) is 25.2 Å². The Kier molecular flexibility index (Phi) is 7.44. The van der Waals surface area contributed by atoms with Crippen LogP contribution in [0.5, 0.6) is 0 Å². The highest BCUT2D eigenvalue weighted by molar-refractivity contribution is 14.0. The number of aliphatic hydroxyl groups excluding tert-OH is 1. The van der Waals surface area contributed by atoms with Crippen LogP contribution in [0.3, 0.4) is 0 Å². The number of hydrogen-bond donors (Lipinski definition) is 3. The SMILES string of the molecule is CN=C(NCCO)NC1CCc2cn(C(C)C)nc2C1.I. The number of aliphatic imine (C=N–C) groups is 1. The third-order valence-corrected chi connectivity index (χ3v) is 3.59. The number of nitrogens with zero attached hydrogens (tertiary/aromatic N) is 3. The molecular weight excluding hydrogens is 381 g/mol. The highest BCUT2D eigenvalue weighted by Crippen LogP contribution is 2.21. The quantitative estimate of drug-likeness (QED) is 0.397. The molecule has 3 N–H and O–H groups in total. The van der Waals surface area contributed by atoms with Gasteiger partial charge in [0.2, 0.25) is 0 Å². The second-order valence-electron chi connectivity index (χ2n) is 5.48. The molecule has 0 saturated heterocycles. The molecule has 0 fully saturated rings. The van der Waals surface area contributed by atoms with Crippen molar-refractivity contribution in [2.45, 2.75) is 45.2 Å². The van der Waals surface area contributed by atoms with Gasteiger partial charge >= 0.3 is 0 Å². The molecule has 1 unspecified atom stereocenters. The van der Waals surface area contributed by atoms with Gasteiger partial charge in [-0.2, -0.15) is 5.10 Å². The maximum atomic E-state index is 8.84. The maximum Gasteiger partial charge on any atom is 0.191 e. The van der Waals surface area contributed by atoms with Crippen LogP contribution in [0.15, 0.2) is 11.2 Å². The highest BCUT2D eigenvalue weighted by atomic mass is 127. The third kappa shape index (κ3) is 4.84. The van der Waals surface area contributed by atoms with Crippen LogP contribution in [0.25, 0.3) is 0 Å². The molecule has 0 amide bonds. The summed E-state index contributed by atoms with van der Waals surface area (Å²) in [6.07, 6.45) is 5.23. The predicted octanol–water partition coefficient (Wildman–Crippen LogP) is 1.10. The van der Waals surface area contributed by atoms with E-state index in [1.54, 1.807) is 7.05 Å². The fourth-order valence-electron chi connectivity index (χ4n) is 2.46. The van der Waals surface area contributed by atoms with Crippen LogP contribution in [0.4, 0.5) is 0 Å². The van der Waals surface area contributed by atoms with E-state index in [1.165, 1.54) is 11.3 Å². The zero-order valence-corrected chi connectivity index (χ0v) is 15.3. The van der Waals surface area contributed by atoms with Gasteiger partial charge in [-0.05, 0) is 32.3 Å². The lowest BCUT2D eigenvalue weighted by Gasteiger charge is -2.24. The Hall–Kier alpha value is -0.830. The second kappa shape index (κ2) is 8.57. The van der Waals surface area contributed by atoms with Crippen LogP contribution in [0.1, 0.15) is 37.6 Å². The number of guanidine groups is 1. The zero-order chi connectivity index (χ0) is 14.5. The number of aromatic nitrogens is 2. The van der Waals surface area contributed by atoms with E-state index >= 15 is 0 Å². The van der Waals surface area contributed by atoms with E-state index in [2.05, 4.69) is 40.8 Å². The Bertz CT molecular complexity index is 472. The van der Waals surface area contributed by atoms with Gasteiger partial charge < -0.3 is 15.7 Å². The Labute approximate surface area is 143 Å². The third-order valence-electron chi connectivity index (χ3n) is 3.59. The number of halogens is 1. The number of rotatable bonds is 4. The van der Waals surface area contributed by atoms with E-state index in [1.807, 2.05) is 4.68 Å². The fraction of sp³-hybridized carbons (Fsp3) is 0.714. The van der Waals surface area contributed by atoms with E-state index < -0.39 is 0 Å². The molecule has 1 aromatic rings. The van der Waals surface area contributed by atoms with E-state index in [0.29, 0.717) is 18.6 Å². The molecule has 0 bridgehead atoms. The van der Waals surface area contributed by atoms with Crippen LogP contribution < -0.4 is 10.6 Å². The molecule has 0 aromatic carbocycles. The van der Waals surface area contributed by atoms with Gasteiger partial charge in [0.05, 0.1) is 12.3 Å². The summed E-state index contributed by atoms with van der Waals surface area (Å²) in [5.41, 5.74) is 2.56. The Morgan fingerprint density at radius 2 is 2.33 bits per heavy atom. The molecule has 120 valence electrons. The fourth-order valence-corrected chi connectivity index (χ4v) is 2.46. The van der Waals surface area contributed by atoms with E-state index in [4.69, 9.17) is 5.11 Å². The molecule has 0 radical (unpaired) electrons. The van der Waals surface area contributed by atoms with Gasteiger partial charge in [-0.1, -0.05) is 0 Å². The van der Waals surface area contributed by atoms with Gasteiger partial charge in [-0.25, -0.2) is 0 Å². The summed E-state index contributed by atoms with van der Waals surface area (Å²) in [7, 11) is 1.74. The first-order valence-electron chi connectivity index (χ1n) is 7.29. The minimum Gasteiger partial charge on any atom is -0.395 e. The average Bonchev–Trinajstić information content (AvgIpc) is 2.86. The minimum atomic E-state index is 0. The maximum absolute atomic E-state index is 8.84. The number of hydrogen-bond acceptors (Lipinski definition) is 3. The van der Waals surface area contributed by atoms with Crippen LogP contribution in [0, 0.1) is 0 Å². The van der Waals surface area contributed by atoms with Crippen molar-refractivity contribution >= 4 is 29.9 Å². The van der Waals surface area contributed by atoms with Gasteiger partial charge in [0, 0.05) is 38.3 Å². The lowest BCUT2D eigenvalue weighted by Crippen LogP contribution is -2.46. The lowest BCUT2D eigenvalue weighted by molar-refractivity contribution is 0.299. The summed E-state index contributed by atoms with van der Waals surface area (Å²) in [6.45, 7) is 4.91. The number of aliphatic hydroxyl groups is 1. The molecule has 0 aliphatic heterocycles. The molecule has 21 heavy (non-hydrogen) atoms. The molecule has 1 aliphatic carbocycles. The standard InChI is InChI=1S/C14H25N5O.HI/c1-10(2)19-9-11-4-5-12(8-13(11)18-19)17-14(15-3)16-6-7-20;/h9-10,12,20H,4-8H2,1-3H3,(H2,15,16,17);1H. The molecular formula is C14H26IN5O. The van der Waals surface area contributed by atoms with Gasteiger partial charge in [0.25, 0.3) is 0 Å². The number of aryl methyl sites for hydroxylation is 1. The number of nitrogens with one attached hydrogen (secondary N) is 2. The van der Waals surface area contributed by atoms with Crippen LogP contribution >= 0.6 is 24.0 Å². The molecule has 0 spiro atoms. The highest BCUT2D eigenvalue weighted by Gasteiger charge is 2.22. The minimum absolute atomic E-state index is 0. The van der Waals surface area contributed by atoms with Crippen molar-refractivity contribution in [2.24, 2.45) is 4.99 Å². The van der Waals surface area contributed by atoms with E-state index in [9.17, 15) is 0 Å². The molecule has 6 nitrogen and oxygen atoms in total. The Balaban J connectivity index is 0.00000220. The first kappa shape index (κ1) is 18.2. The summed E-state index contributed by atoms with van der Waals surface area (Å²) < 4.78 is 2.05. The average molecular weight is 407 g/mol. The van der Waals surface area contributed by atoms with Gasteiger partial charge in [-0.3, -0.25) is 9.67 Å². The number of fused-ring (bicyclic) bond motifs is 1. The van der Waals surface area contributed by atoms with Gasteiger partial charge in [-0.15, -0.1) is 24.0 Å². The van der Waals surface area contributed by atoms with Crippen LogP contribution in [-0.2, 0) is 12.8 Å². The lowest BCUT2D eigenvalue weighted by atomic mass is 9.94. The monoisotopic (exact) mass is 407 g/mol. The van der Waals surface area contributed by atoms with Crippen molar-refractivity contribution in [3.63, 3.8) is 0 Å². The molecule has 7 heteroatoms. The molecule has 1 aromatic heterocycles. The first-order valence-corrected chi connectivity index (χ1v) is 7.29. The Morgan fingerprint density at radius 3 is 2.95 bits per heavy atom. The molecule has 0 saturated carbocycles. The van der Waals surface area contributed by atoms with Crippen LogP contribution in [-0.4, -0.2) is 47.1 Å². The smallest absolute Gasteiger partial charge is 0.191 e. The molecule has 1 atom stereocenters. The van der Waals surface area contributed by atoms with Crippen molar-refractivity contribution in [3.05, 3.63) is 17.5 Å². The van der Waals surface area contributed by atoms with Crippen LogP contribution in [0.2, 0.25) is 0 Å².